The average Bonchev–Trinajstić information content (AvgIpc) is 2.65. The minimum Gasteiger partial charge on any atom is -0.493 e. The van der Waals surface area contributed by atoms with Crippen LogP contribution in [0.15, 0.2) is 41.3 Å². The van der Waals surface area contributed by atoms with Gasteiger partial charge in [-0.2, -0.15) is 0 Å². The van der Waals surface area contributed by atoms with Crippen LogP contribution < -0.4 is 19.7 Å². The molecule has 6 heteroatoms. The highest BCUT2D eigenvalue weighted by Gasteiger charge is 2.37. The number of nitrogens with one attached hydrogen (secondary N) is 2. The van der Waals surface area contributed by atoms with Crippen molar-refractivity contribution in [2.75, 3.05) is 26.1 Å². The van der Waals surface area contributed by atoms with Crippen LogP contribution >= 0.6 is 11.8 Å². The van der Waals surface area contributed by atoms with Crippen molar-refractivity contribution in [3.8, 4) is 11.5 Å². The Morgan fingerprint density at radius 3 is 2.60 bits per heavy atom. The molecule has 1 unspecified atom stereocenters. The zero-order valence-corrected chi connectivity index (χ0v) is 15.1. The van der Waals surface area contributed by atoms with E-state index in [0.29, 0.717) is 0 Å². The highest BCUT2D eigenvalue weighted by Crippen LogP contribution is 2.34. The summed E-state index contributed by atoms with van der Waals surface area (Å²) in [6, 6.07) is 12.1. The fraction of sp³-hybridized carbons (Fsp3) is 0.316. The van der Waals surface area contributed by atoms with E-state index in [-0.39, 0.29) is 11.3 Å². The molecule has 0 saturated heterocycles. The first-order valence-corrected chi connectivity index (χ1v) is 9.22. The predicted molar refractivity (Wildman–Crippen MR) is 97.5 cm³/mol. The molecule has 0 saturated carbocycles. The third-order valence-electron chi connectivity index (χ3n) is 4.84. The van der Waals surface area contributed by atoms with Crippen molar-refractivity contribution in [3.63, 3.8) is 0 Å². The van der Waals surface area contributed by atoms with E-state index in [1.807, 2.05) is 24.3 Å². The molecule has 0 aromatic heterocycles. The molecule has 1 amide bonds. The average molecular weight is 357 g/mol. The molecule has 5 nitrogen and oxygen atoms in total. The number of carbonyl (C=O) groups excluding carboxylic acids is 1. The lowest BCUT2D eigenvalue weighted by Crippen LogP contribution is -3.16. The summed E-state index contributed by atoms with van der Waals surface area (Å²) in [6.45, 7) is 1.73. The van der Waals surface area contributed by atoms with Crippen LogP contribution in [0.3, 0.4) is 0 Å². The van der Waals surface area contributed by atoms with Gasteiger partial charge in [0.05, 0.1) is 26.5 Å². The van der Waals surface area contributed by atoms with Crippen molar-refractivity contribution in [2.45, 2.75) is 23.2 Å². The normalized spacial score (nSPS) is 21.8. The lowest BCUT2D eigenvalue weighted by atomic mass is 9.98. The minimum atomic E-state index is -0.129. The van der Waals surface area contributed by atoms with Gasteiger partial charge in [-0.25, -0.2) is 0 Å². The highest BCUT2D eigenvalue weighted by atomic mass is 32.2. The van der Waals surface area contributed by atoms with E-state index in [1.54, 1.807) is 26.0 Å². The Bertz CT molecular complexity index is 824. The molecule has 0 aliphatic carbocycles. The molecule has 0 spiro atoms. The van der Waals surface area contributed by atoms with Crippen molar-refractivity contribution in [3.05, 3.63) is 47.5 Å². The van der Waals surface area contributed by atoms with Crippen molar-refractivity contribution in [2.24, 2.45) is 0 Å². The lowest BCUT2D eigenvalue weighted by Gasteiger charge is -2.34. The first-order chi connectivity index (χ1) is 12.2. The van der Waals surface area contributed by atoms with E-state index in [0.717, 1.165) is 41.6 Å². The highest BCUT2D eigenvalue weighted by molar-refractivity contribution is 8.00. The summed E-state index contributed by atoms with van der Waals surface area (Å²) < 4.78 is 10.8. The number of hydrogen-bond acceptors (Lipinski definition) is 4. The number of methoxy groups -OCH3 is 2. The van der Waals surface area contributed by atoms with Gasteiger partial charge in [0.1, 0.15) is 6.54 Å². The first kappa shape index (κ1) is 16.3. The molecule has 130 valence electrons. The quantitative estimate of drug-likeness (QED) is 0.878. The number of anilines is 1. The molecule has 2 heterocycles. The number of para-hydroxylation sites is 1. The van der Waals surface area contributed by atoms with Gasteiger partial charge in [0.25, 0.3) is 5.91 Å². The Hall–Kier alpha value is -2.18. The number of benzene rings is 2. The first-order valence-electron chi connectivity index (χ1n) is 8.34. The van der Waals surface area contributed by atoms with Gasteiger partial charge >= 0.3 is 0 Å². The molecule has 0 radical (unpaired) electrons. The van der Waals surface area contributed by atoms with Gasteiger partial charge in [-0.1, -0.05) is 23.9 Å². The molecule has 2 aliphatic rings. The Balaban J connectivity index is 1.59. The van der Waals surface area contributed by atoms with E-state index in [4.69, 9.17) is 9.47 Å². The lowest BCUT2D eigenvalue weighted by molar-refractivity contribution is -0.917. The largest absolute Gasteiger partial charge is 0.493 e. The van der Waals surface area contributed by atoms with Gasteiger partial charge in [-0.05, 0) is 29.8 Å². The third-order valence-corrected chi connectivity index (χ3v) is 6.23. The van der Waals surface area contributed by atoms with Crippen LogP contribution in [0, 0.1) is 0 Å². The van der Waals surface area contributed by atoms with Gasteiger partial charge in [0.15, 0.2) is 11.5 Å². The van der Waals surface area contributed by atoms with Gasteiger partial charge < -0.3 is 19.7 Å². The topological polar surface area (TPSA) is 52.0 Å². The monoisotopic (exact) mass is 357 g/mol. The summed E-state index contributed by atoms with van der Waals surface area (Å²) in [5, 5.41) is 2.92. The molecule has 0 bridgehead atoms. The molecule has 2 aromatic rings. The Kier molecular flexibility index (Phi) is 4.31. The van der Waals surface area contributed by atoms with Crippen molar-refractivity contribution in [1.29, 1.82) is 0 Å². The third kappa shape index (κ3) is 2.96. The van der Waals surface area contributed by atoms with E-state index >= 15 is 0 Å². The molecule has 2 aliphatic heterocycles. The summed E-state index contributed by atoms with van der Waals surface area (Å²) in [5.74, 6) is 1.60. The molecule has 4 rings (SSSR count). The van der Waals surface area contributed by atoms with Gasteiger partial charge in [-0.3, -0.25) is 4.79 Å². The van der Waals surface area contributed by atoms with Crippen molar-refractivity contribution < 1.29 is 19.2 Å². The summed E-state index contributed by atoms with van der Waals surface area (Å²) in [4.78, 5) is 15.0. The predicted octanol–water partition coefficient (Wildman–Crippen LogP) is 1.72. The summed E-state index contributed by atoms with van der Waals surface area (Å²) in [7, 11) is 3.31. The van der Waals surface area contributed by atoms with E-state index < -0.39 is 0 Å². The fourth-order valence-electron chi connectivity index (χ4n) is 3.53. The van der Waals surface area contributed by atoms with E-state index in [1.165, 1.54) is 16.0 Å². The van der Waals surface area contributed by atoms with E-state index in [2.05, 4.69) is 17.4 Å². The van der Waals surface area contributed by atoms with Gasteiger partial charge in [0.2, 0.25) is 5.37 Å². The van der Waals surface area contributed by atoms with Crippen LogP contribution in [-0.2, 0) is 17.8 Å². The maximum atomic E-state index is 12.6. The van der Waals surface area contributed by atoms with Crippen molar-refractivity contribution in [1.82, 2.24) is 0 Å². The fourth-order valence-corrected chi connectivity index (χ4v) is 4.72. The second-order valence-corrected chi connectivity index (χ2v) is 7.44. The Morgan fingerprint density at radius 1 is 1.12 bits per heavy atom. The maximum Gasteiger partial charge on any atom is 0.294 e. The smallest absolute Gasteiger partial charge is 0.294 e. The molecular formula is C19H21N2O3S+. The maximum absolute atomic E-state index is 12.6. The van der Waals surface area contributed by atoms with Gasteiger partial charge in [0, 0.05) is 16.9 Å². The summed E-state index contributed by atoms with van der Waals surface area (Å²) in [6.07, 6.45) is 0.928. The number of thioether (sulfide) groups is 1. The molecule has 25 heavy (non-hydrogen) atoms. The molecule has 0 fully saturated rings. The minimum absolute atomic E-state index is 0.0858. The molecule has 2 aromatic carbocycles. The van der Waals surface area contributed by atoms with Crippen LogP contribution in [0.2, 0.25) is 0 Å². The van der Waals surface area contributed by atoms with Crippen molar-refractivity contribution >= 4 is 23.4 Å². The van der Waals surface area contributed by atoms with Crippen LogP contribution in [0.5, 0.6) is 11.5 Å². The standard InChI is InChI=1S/C19H20N2O3S/c1-23-15-9-12-7-8-21(11-13(12)10-16(15)24-2)19-18(22)20-14-5-3-4-6-17(14)25-19/h3-6,9-10,19H,7-8,11H2,1-2H3,(H,20,22)/p+1/t19-/m0/s1. The van der Waals surface area contributed by atoms with Crippen LogP contribution in [-0.4, -0.2) is 32.0 Å². The van der Waals surface area contributed by atoms with Crippen LogP contribution in [0.25, 0.3) is 0 Å². The summed E-state index contributed by atoms with van der Waals surface area (Å²) in [5.41, 5.74) is 3.42. The number of hydrogen-bond donors (Lipinski definition) is 2. The number of ether oxygens (including phenoxy) is 2. The second-order valence-electron chi connectivity index (χ2n) is 6.29. The molecule has 2 atom stereocenters. The molecule has 2 N–H and O–H groups in total. The number of carbonyl (C=O) groups is 1. The number of fused-ring (bicyclic) bond motifs is 2. The SMILES string of the molecule is COc1cc2c(cc1OC)C[NH+]([C@H]1Sc3ccccc3NC1=O)CC2. The number of quaternary nitrogens is 1. The summed E-state index contributed by atoms with van der Waals surface area (Å²) >= 11 is 1.66. The number of rotatable bonds is 3. The van der Waals surface area contributed by atoms with Gasteiger partial charge in [-0.15, -0.1) is 0 Å². The second kappa shape index (κ2) is 6.61. The Labute approximate surface area is 151 Å². The van der Waals surface area contributed by atoms with E-state index in [9.17, 15) is 4.79 Å². The molecular weight excluding hydrogens is 336 g/mol. The number of amides is 1. The van der Waals surface area contributed by atoms with Crippen LogP contribution in [0.1, 0.15) is 11.1 Å². The zero-order chi connectivity index (χ0) is 17.4. The zero-order valence-electron chi connectivity index (χ0n) is 14.3. The van der Waals surface area contributed by atoms with Crippen LogP contribution in [0.4, 0.5) is 5.69 Å². The Morgan fingerprint density at radius 2 is 1.84 bits per heavy atom.